The quantitative estimate of drug-likeness (QED) is 0.327. The van der Waals surface area contributed by atoms with Gasteiger partial charge in [0, 0.05) is 5.97 Å². The van der Waals surface area contributed by atoms with E-state index < -0.39 is 5.97 Å². The Bertz CT molecular complexity index is 804. The molecule has 2 nitrogen and oxygen atoms in total. The Kier molecular flexibility index (Phi) is 9.98. The fourth-order valence-corrected chi connectivity index (χ4v) is 8.73. The highest BCUT2D eigenvalue weighted by Crippen LogP contribution is 2.50. The number of carboxylic acids is 1. The van der Waals surface area contributed by atoms with Gasteiger partial charge in [-0.2, -0.15) is 0 Å². The molecule has 0 aliphatic heterocycles. The molecule has 0 heterocycles. The highest BCUT2D eigenvalue weighted by molar-refractivity contribution is 5.67. The van der Waals surface area contributed by atoms with Crippen molar-refractivity contribution in [3.05, 3.63) is 35.4 Å². The fraction of sp³-hybridized carbons (Fsp3) is 0.794. The average molecular weight is 494 g/mol. The van der Waals surface area contributed by atoms with E-state index in [1.54, 1.807) is 11.1 Å². The van der Waals surface area contributed by atoms with E-state index in [0.29, 0.717) is 5.92 Å². The third-order valence-electron chi connectivity index (χ3n) is 11.1. The lowest BCUT2D eigenvalue weighted by Gasteiger charge is -2.44. The molecule has 202 valence electrons. The number of carboxylic acid groups (broad SMARTS) is 1. The molecule has 36 heavy (non-hydrogen) atoms. The Hall–Kier alpha value is -1.31. The van der Waals surface area contributed by atoms with Crippen LogP contribution in [0.5, 0.6) is 0 Å². The van der Waals surface area contributed by atoms with Crippen molar-refractivity contribution in [2.45, 2.75) is 141 Å². The second-order valence-electron chi connectivity index (χ2n) is 13.1. The minimum atomic E-state index is -0.840. The number of aliphatic carboxylic acids is 1. The highest BCUT2D eigenvalue weighted by atomic mass is 16.4. The summed E-state index contributed by atoms with van der Waals surface area (Å²) in [4.78, 5) is 11.5. The molecule has 4 rings (SSSR count). The molecule has 1 aromatic rings. The zero-order valence-corrected chi connectivity index (χ0v) is 23.6. The van der Waals surface area contributed by atoms with Gasteiger partial charge in [-0.25, -0.2) is 0 Å². The third kappa shape index (κ3) is 6.39. The van der Waals surface area contributed by atoms with Crippen molar-refractivity contribution < 1.29 is 9.90 Å². The zero-order valence-electron chi connectivity index (χ0n) is 23.6. The Morgan fingerprint density at radius 3 is 2.08 bits per heavy atom. The van der Waals surface area contributed by atoms with Crippen molar-refractivity contribution in [1.82, 2.24) is 0 Å². The van der Waals surface area contributed by atoms with Crippen LogP contribution in [0.25, 0.3) is 0 Å². The van der Waals surface area contributed by atoms with Crippen LogP contribution >= 0.6 is 0 Å². The van der Waals surface area contributed by atoms with Crippen molar-refractivity contribution >= 4 is 5.97 Å². The monoisotopic (exact) mass is 493 g/mol. The van der Waals surface area contributed by atoms with E-state index in [9.17, 15) is 9.90 Å². The molecule has 3 aliphatic rings. The van der Waals surface area contributed by atoms with E-state index in [1.807, 2.05) is 0 Å². The first-order chi connectivity index (χ1) is 17.5. The predicted octanol–water partition coefficient (Wildman–Crippen LogP) is 8.57. The summed E-state index contributed by atoms with van der Waals surface area (Å²) < 4.78 is 0. The normalized spacial score (nSPS) is 34.2. The Balaban J connectivity index is 1.38. The fourth-order valence-electron chi connectivity index (χ4n) is 8.73. The van der Waals surface area contributed by atoms with Gasteiger partial charge in [0.15, 0.2) is 0 Å². The molecule has 2 heteroatoms. The first kappa shape index (κ1) is 27.7. The molecule has 3 aliphatic carbocycles. The standard InChI is InChI=1S/C34H54O2/c1-4-6-9-26-12-14-28(15-13-26)29-18-16-27(17-19-29)25(3)31-10-7-8-11-32(31)34(22-5-2)23-20-30(21-24-34)33(35)36/h7-8,10-11,25-30H,4-6,9,12-24H2,1-3H3,(H,35,36)/p-1. The maximum Gasteiger partial charge on any atom is 0.0445 e. The summed E-state index contributed by atoms with van der Waals surface area (Å²) in [6.07, 6.45) is 21.8. The topological polar surface area (TPSA) is 40.1 Å². The van der Waals surface area contributed by atoms with Gasteiger partial charge < -0.3 is 9.90 Å². The number of benzene rings is 1. The minimum Gasteiger partial charge on any atom is -0.550 e. The van der Waals surface area contributed by atoms with Crippen LogP contribution in [0.15, 0.2) is 24.3 Å². The summed E-state index contributed by atoms with van der Waals surface area (Å²) in [6, 6.07) is 9.27. The number of hydrogen-bond donors (Lipinski definition) is 0. The van der Waals surface area contributed by atoms with Gasteiger partial charge in [0.1, 0.15) is 0 Å². The summed E-state index contributed by atoms with van der Waals surface area (Å²) >= 11 is 0. The zero-order chi connectivity index (χ0) is 25.5. The van der Waals surface area contributed by atoms with Gasteiger partial charge in [-0.1, -0.05) is 83.6 Å². The van der Waals surface area contributed by atoms with Crippen LogP contribution in [0.1, 0.15) is 147 Å². The average Bonchev–Trinajstić information content (AvgIpc) is 2.92. The molecule has 0 saturated heterocycles. The van der Waals surface area contributed by atoms with Crippen molar-refractivity contribution in [1.29, 1.82) is 0 Å². The maximum atomic E-state index is 11.5. The van der Waals surface area contributed by atoms with Crippen LogP contribution in [-0.2, 0) is 10.2 Å². The molecule has 3 fully saturated rings. The van der Waals surface area contributed by atoms with Gasteiger partial charge in [0.25, 0.3) is 0 Å². The molecule has 1 aromatic carbocycles. The van der Waals surface area contributed by atoms with E-state index in [4.69, 9.17) is 0 Å². The number of carbonyl (C=O) groups excluding carboxylic acids is 1. The van der Waals surface area contributed by atoms with Crippen LogP contribution in [0.4, 0.5) is 0 Å². The molecule has 0 amide bonds. The van der Waals surface area contributed by atoms with Gasteiger partial charge in [-0.3, -0.25) is 0 Å². The van der Waals surface area contributed by atoms with E-state index >= 15 is 0 Å². The number of carbonyl (C=O) groups is 1. The molecule has 0 radical (unpaired) electrons. The van der Waals surface area contributed by atoms with Gasteiger partial charge >= 0.3 is 0 Å². The molecule has 0 N–H and O–H groups in total. The van der Waals surface area contributed by atoms with Crippen LogP contribution in [0.3, 0.4) is 0 Å². The number of hydrogen-bond acceptors (Lipinski definition) is 2. The number of unbranched alkanes of at least 4 members (excludes halogenated alkanes) is 1. The predicted molar refractivity (Wildman–Crippen MR) is 149 cm³/mol. The van der Waals surface area contributed by atoms with Gasteiger partial charge in [-0.05, 0) is 123 Å². The highest BCUT2D eigenvalue weighted by Gasteiger charge is 2.39. The van der Waals surface area contributed by atoms with E-state index in [0.717, 1.165) is 55.8 Å². The van der Waals surface area contributed by atoms with Crippen molar-refractivity contribution in [3.63, 3.8) is 0 Å². The molecular weight excluding hydrogens is 440 g/mol. The summed E-state index contributed by atoms with van der Waals surface area (Å²) in [5.41, 5.74) is 3.26. The van der Waals surface area contributed by atoms with Crippen LogP contribution < -0.4 is 5.11 Å². The lowest BCUT2D eigenvalue weighted by atomic mass is 9.61. The van der Waals surface area contributed by atoms with Gasteiger partial charge in [-0.15, -0.1) is 0 Å². The lowest BCUT2D eigenvalue weighted by molar-refractivity contribution is -0.312. The van der Waals surface area contributed by atoms with Gasteiger partial charge in [0.05, 0.1) is 0 Å². The third-order valence-corrected chi connectivity index (χ3v) is 11.1. The Labute approximate surface area is 222 Å². The van der Waals surface area contributed by atoms with Gasteiger partial charge in [0.2, 0.25) is 0 Å². The summed E-state index contributed by atoms with van der Waals surface area (Å²) in [5, 5.41) is 11.5. The summed E-state index contributed by atoms with van der Waals surface area (Å²) in [5.74, 6) is 3.29. The Morgan fingerprint density at radius 1 is 0.889 bits per heavy atom. The lowest BCUT2D eigenvalue weighted by Crippen LogP contribution is -2.39. The smallest absolute Gasteiger partial charge is 0.0445 e. The van der Waals surface area contributed by atoms with Crippen molar-refractivity contribution in [2.75, 3.05) is 0 Å². The molecule has 3 saturated carbocycles. The molecule has 1 unspecified atom stereocenters. The Morgan fingerprint density at radius 2 is 1.50 bits per heavy atom. The van der Waals surface area contributed by atoms with Crippen molar-refractivity contribution in [3.8, 4) is 0 Å². The van der Waals surface area contributed by atoms with Crippen LogP contribution in [-0.4, -0.2) is 5.97 Å². The van der Waals surface area contributed by atoms with E-state index in [2.05, 4.69) is 45.0 Å². The van der Waals surface area contributed by atoms with Crippen LogP contribution in [0, 0.1) is 29.6 Å². The molecule has 0 aromatic heterocycles. The first-order valence-electron chi connectivity index (χ1n) is 15.8. The molecule has 1 atom stereocenters. The molecule has 0 spiro atoms. The second kappa shape index (κ2) is 13.0. The summed E-state index contributed by atoms with van der Waals surface area (Å²) in [7, 11) is 0. The summed E-state index contributed by atoms with van der Waals surface area (Å²) in [6.45, 7) is 7.11. The second-order valence-corrected chi connectivity index (χ2v) is 13.1. The SMILES string of the molecule is CCCCC1CCC(C2CCC(C(C)c3ccccc3C3(CCC)CCC(C(=O)[O-])CC3)CC2)CC1. The van der Waals surface area contributed by atoms with E-state index in [-0.39, 0.29) is 11.3 Å². The van der Waals surface area contributed by atoms with E-state index in [1.165, 1.54) is 77.0 Å². The molecule has 0 bridgehead atoms. The molecular formula is C34H53O2-. The number of rotatable bonds is 10. The van der Waals surface area contributed by atoms with Crippen LogP contribution in [0.2, 0.25) is 0 Å². The largest absolute Gasteiger partial charge is 0.550 e. The van der Waals surface area contributed by atoms with Crippen molar-refractivity contribution in [2.24, 2.45) is 29.6 Å². The first-order valence-corrected chi connectivity index (χ1v) is 15.8. The maximum absolute atomic E-state index is 11.5. The minimum absolute atomic E-state index is 0.152.